The van der Waals surface area contributed by atoms with Gasteiger partial charge in [0.1, 0.15) is 5.60 Å². The van der Waals surface area contributed by atoms with Crippen LogP contribution in [0.1, 0.15) is 32.9 Å². The molecule has 1 aliphatic heterocycles. The molecule has 1 aliphatic rings. The first-order valence-corrected chi connectivity index (χ1v) is 7.07. The van der Waals surface area contributed by atoms with E-state index in [0.29, 0.717) is 19.0 Å². The van der Waals surface area contributed by atoms with Gasteiger partial charge in [-0.25, -0.2) is 14.8 Å². The van der Waals surface area contributed by atoms with Gasteiger partial charge >= 0.3 is 6.09 Å². The molecule has 1 aromatic heterocycles. The number of carbonyl (C=O) groups excluding carboxylic acids is 1. The Balaban J connectivity index is 2.03. The van der Waals surface area contributed by atoms with Crippen molar-refractivity contribution < 1.29 is 9.53 Å². The van der Waals surface area contributed by atoms with Crippen molar-refractivity contribution in [1.29, 1.82) is 0 Å². The van der Waals surface area contributed by atoms with E-state index in [1.807, 2.05) is 32.9 Å². The van der Waals surface area contributed by atoms with Crippen LogP contribution in [0.5, 0.6) is 0 Å². The molecule has 0 saturated heterocycles. The van der Waals surface area contributed by atoms with Crippen LogP contribution in [0.3, 0.4) is 0 Å². The van der Waals surface area contributed by atoms with E-state index in [9.17, 15) is 4.79 Å². The highest BCUT2D eigenvalue weighted by Crippen LogP contribution is 2.22. The van der Waals surface area contributed by atoms with Crippen LogP contribution < -0.4 is 5.32 Å². The fourth-order valence-electron chi connectivity index (χ4n) is 2.05. The van der Waals surface area contributed by atoms with E-state index in [1.54, 1.807) is 18.1 Å². The average Bonchev–Trinajstić information content (AvgIpc) is 2.46. The highest BCUT2D eigenvalue weighted by Gasteiger charge is 2.24. The Morgan fingerprint density at radius 1 is 1.43 bits per heavy atom. The van der Waals surface area contributed by atoms with Gasteiger partial charge in [0.2, 0.25) is 5.95 Å². The minimum absolute atomic E-state index is 0.267. The molecule has 1 amide bonds. The predicted octanol–water partition coefficient (Wildman–Crippen LogP) is 2.54. The largest absolute Gasteiger partial charge is 0.444 e. The van der Waals surface area contributed by atoms with Gasteiger partial charge in [0.15, 0.2) is 0 Å². The van der Waals surface area contributed by atoms with E-state index in [0.717, 1.165) is 17.7 Å². The smallest absolute Gasteiger partial charge is 0.410 e. The monoisotopic (exact) mass is 290 g/mol. The lowest BCUT2D eigenvalue weighted by atomic mass is 10.1. The molecule has 2 rings (SSSR count). The second kappa shape index (κ2) is 6.11. The lowest BCUT2D eigenvalue weighted by molar-refractivity contribution is 0.0270. The maximum atomic E-state index is 12.0. The minimum atomic E-state index is -0.463. The normalized spacial score (nSPS) is 15.4. The molecule has 0 bridgehead atoms. The number of hydrogen-bond donors (Lipinski definition) is 1. The van der Waals surface area contributed by atoms with E-state index in [-0.39, 0.29) is 6.09 Å². The van der Waals surface area contributed by atoms with Crippen LogP contribution in [0, 0.1) is 0 Å². The maximum Gasteiger partial charge on any atom is 0.410 e. The quantitative estimate of drug-likeness (QED) is 0.906. The van der Waals surface area contributed by atoms with Crippen molar-refractivity contribution in [1.82, 2.24) is 14.9 Å². The molecule has 114 valence electrons. The van der Waals surface area contributed by atoms with Crippen molar-refractivity contribution in [3.63, 3.8) is 0 Å². The Morgan fingerprint density at radius 3 is 2.76 bits per heavy atom. The lowest BCUT2D eigenvalue weighted by Crippen LogP contribution is -2.39. The molecule has 21 heavy (non-hydrogen) atoms. The van der Waals surface area contributed by atoms with Crippen molar-refractivity contribution in [3.8, 4) is 0 Å². The number of ether oxygens (including phenoxy) is 1. The number of nitrogens with one attached hydrogen (secondary N) is 1. The first-order chi connectivity index (χ1) is 9.89. The molecule has 0 fully saturated rings. The Hall–Kier alpha value is -2.11. The molecular formula is C15H22N4O2. The number of rotatable bonds is 2. The van der Waals surface area contributed by atoms with Gasteiger partial charge in [0.05, 0.1) is 5.69 Å². The van der Waals surface area contributed by atoms with E-state index in [4.69, 9.17) is 4.74 Å². The van der Waals surface area contributed by atoms with Gasteiger partial charge in [-0.05, 0) is 38.8 Å². The third kappa shape index (κ3) is 4.18. The first-order valence-electron chi connectivity index (χ1n) is 7.07. The summed E-state index contributed by atoms with van der Waals surface area (Å²) in [7, 11) is 1.79. The number of nitrogens with zero attached hydrogens (tertiary/aromatic N) is 3. The van der Waals surface area contributed by atoms with Gasteiger partial charge in [-0.1, -0.05) is 6.08 Å². The van der Waals surface area contributed by atoms with Crippen LogP contribution in [0.15, 0.2) is 18.3 Å². The maximum absolute atomic E-state index is 12.0. The molecule has 0 unspecified atom stereocenters. The standard InChI is InChI=1S/C15H22N4O2/c1-15(2,3)21-14(20)19-9-6-11(7-10-19)12-5-8-17-13(16-4)18-12/h5-6,8H,7,9-10H2,1-4H3,(H,16,17,18). The number of carbonyl (C=O) groups is 1. The number of amides is 1. The summed E-state index contributed by atoms with van der Waals surface area (Å²) in [6.07, 6.45) is 4.25. The van der Waals surface area contributed by atoms with Crippen molar-refractivity contribution >= 4 is 17.6 Å². The summed E-state index contributed by atoms with van der Waals surface area (Å²) >= 11 is 0. The molecule has 0 aromatic carbocycles. The third-order valence-corrected chi connectivity index (χ3v) is 3.07. The summed E-state index contributed by atoms with van der Waals surface area (Å²) in [5.74, 6) is 0.600. The summed E-state index contributed by atoms with van der Waals surface area (Å²) in [6.45, 7) is 6.80. The SMILES string of the molecule is CNc1nccc(C2=CCN(C(=O)OC(C)(C)C)CC2)n1. The first kappa shape index (κ1) is 15.3. The molecule has 1 aromatic rings. The molecule has 0 saturated carbocycles. The zero-order valence-electron chi connectivity index (χ0n) is 13.0. The predicted molar refractivity (Wildman–Crippen MR) is 82.0 cm³/mol. The van der Waals surface area contributed by atoms with Crippen LogP contribution in [-0.2, 0) is 4.74 Å². The van der Waals surface area contributed by atoms with Crippen LogP contribution in [0.4, 0.5) is 10.7 Å². The highest BCUT2D eigenvalue weighted by molar-refractivity contribution is 5.72. The Bertz CT molecular complexity index is 549. The summed E-state index contributed by atoms with van der Waals surface area (Å²) in [6, 6.07) is 1.88. The molecule has 0 radical (unpaired) electrons. The molecule has 2 heterocycles. The second-order valence-corrected chi connectivity index (χ2v) is 5.92. The molecular weight excluding hydrogens is 268 g/mol. The van der Waals surface area contributed by atoms with Gasteiger partial charge < -0.3 is 15.0 Å². The van der Waals surface area contributed by atoms with Crippen molar-refractivity contribution in [2.45, 2.75) is 32.8 Å². The number of anilines is 1. The number of aromatic nitrogens is 2. The summed E-state index contributed by atoms with van der Waals surface area (Å²) in [5, 5.41) is 2.93. The number of hydrogen-bond acceptors (Lipinski definition) is 5. The molecule has 0 spiro atoms. The van der Waals surface area contributed by atoms with Gasteiger partial charge in [0, 0.05) is 26.3 Å². The fraction of sp³-hybridized carbons (Fsp3) is 0.533. The van der Waals surface area contributed by atoms with Crippen LogP contribution >= 0.6 is 0 Å². The molecule has 6 nitrogen and oxygen atoms in total. The van der Waals surface area contributed by atoms with Crippen LogP contribution in [0.2, 0.25) is 0 Å². The molecule has 0 aliphatic carbocycles. The van der Waals surface area contributed by atoms with Gasteiger partial charge in [0.25, 0.3) is 0 Å². The zero-order chi connectivity index (χ0) is 15.5. The van der Waals surface area contributed by atoms with Gasteiger partial charge in [-0.2, -0.15) is 0 Å². The van der Waals surface area contributed by atoms with E-state index < -0.39 is 5.60 Å². The average molecular weight is 290 g/mol. The van der Waals surface area contributed by atoms with Crippen molar-refractivity contribution in [3.05, 3.63) is 24.0 Å². The summed E-state index contributed by atoms with van der Waals surface area (Å²) in [5.41, 5.74) is 1.57. The second-order valence-electron chi connectivity index (χ2n) is 5.92. The Morgan fingerprint density at radius 2 is 2.19 bits per heavy atom. The molecule has 6 heteroatoms. The zero-order valence-corrected chi connectivity index (χ0v) is 13.0. The Kier molecular flexibility index (Phi) is 4.45. The Labute approximate surface area is 125 Å². The van der Waals surface area contributed by atoms with E-state index in [1.165, 1.54) is 0 Å². The van der Waals surface area contributed by atoms with E-state index in [2.05, 4.69) is 15.3 Å². The lowest BCUT2D eigenvalue weighted by Gasteiger charge is -2.29. The van der Waals surface area contributed by atoms with Crippen LogP contribution in [-0.4, -0.2) is 46.7 Å². The third-order valence-electron chi connectivity index (χ3n) is 3.07. The van der Waals surface area contributed by atoms with Crippen molar-refractivity contribution in [2.24, 2.45) is 0 Å². The fourth-order valence-corrected chi connectivity index (χ4v) is 2.05. The summed E-state index contributed by atoms with van der Waals surface area (Å²) < 4.78 is 5.38. The molecule has 0 atom stereocenters. The van der Waals surface area contributed by atoms with Crippen LogP contribution in [0.25, 0.3) is 5.57 Å². The molecule has 1 N–H and O–H groups in total. The topological polar surface area (TPSA) is 67.4 Å². The van der Waals surface area contributed by atoms with Gasteiger partial charge in [-0.15, -0.1) is 0 Å². The van der Waals surface area contributed by atoms with Crippen molar-refractivity contribution in [2.75, 3.05) is 25.5 Å². The summed E-state index contributed by atoms with van der Waals surface area (Å²) in [4.78, 5) is 22.2. The van der Waals surface area contributed by atoms with Gasteiger partial charge in [-0.3, -0.25) is 0 Å². The highest BCUT2D eigenvalue weighted by atomic mass is 16.6. The van der Waals surface area contributed by atoms with E-state index >= 15 is 0 Å². The minimum Gasteiger partial charge on any atom is -0.444 e.